The molecule has 27 heavy (non-hydrogen) atoms. The lowest BCUT2D eigenvalue weighted by Crippen LogP contribution is -2.15. The van der Waals surface area contributed by atoms with E-state index in [-0.39, 0.29) is 30.0 Å². The van der Waals surface area contributed by atoms with E-state index in [1.807, 2.05) is 18.2 Å². The molecule has 0 radical (unpaired) electrons. The molecule has 0 unspecified atom stereocenters. The van der Waals surface area contributed by atoms with Crippen LogP contribution in [0.1, 0.15) is 29.3 Å². The van der Waals surface area contributed by atoms with Gasteiger partial charge in [0.25, 0.3) is 5.69 Å². The van der Waals surface area contributed by atoms with Crippen molar-refractivity contribution in [2.24, 2.45) is 0 Å². The van der Waals surface area contributed by atoms with Crippen LogP contribution in [0.3, 0.4) is 0 Å². The number of hydrogen-bond donors (Lipinski definition) is 1. The van der Waals surface area contributed by atoms with Crippen LogP contribution in [0.4, 0.5) is 11.4 Å². The van der Waals surface area contributed by atoms with Crippen LogP contribution in [0.15, 0.2) is 42.5 Å². The number of nitro groups is 1. The maximum Gasteiger partial charge on any atom is 0.338 e. The third-order valence-corrected chi connectivity index (χ3v) is 3.79. The molecule has 0 saturated heterocycles. The normalized spacial score (nSPS) is 10.1. The van der Waals surface area contributed by atoms with E-state index in [1.165, 1.54) is 18.2 Å². The fourth-order valence-electron chi connectivity index (χ4n) is 2.51. The van der Waals surface area contributed by atoms with Crippen molar-refractivity contribution in [2.45, 2.75) is 19.8 Å². The third-order valence-electron chi connectivity index (χ3n) is 3.79. The van der Waals surface area contributed by atoms with Gasteiger partial charge < -0.3 is 14.8 Å². The number of nitro benzene ring substituents is 1. The van der Waals surface area contributed by atoms with E-state index in [9.17, 15) is 19.7 Å². The van der Waals surface area contributed by atoms with Gasteiger partial charge in [0.2, 0.25) is 5.91 Å². The molecular formula is C19H20N2O6. The molecule has 0 bridgehead atoms. The summed E-state index contributed by atoms with van der Waals surface area (Å²) in [4.78, 5) is 34.7. The molecule has 0 atom stereocenters. The third kappa shape index (κ3) is 5.27. The number of nitrogens with zero attached hydrogens (tertiary/aromatic N) is 1. The van der Waals surface area contributed by atoms with Crippen molar-refractivity contribution in [3.63, 3.8) is 0 Å². The zero-order chi connectivity index (χ0) is 19.8. The molecule has 1 N–H and O–H groups in total. The van der Waals surface area contributed by atoms with E-state index < -0.39 is 16.8 Å². The number of aryl methyl sites for hydroxylation is 1. The molecule has 0 heterocycles. The zero-order valence-electron chi connectivity index (χ0n) is 15.1. The average Bonchev–Trinajstić information content (AvgIpc) is 2.66. The molecule has 0 aliphatic heterocycles. The number of amides is 1. The summed E-state index contributed by atoms with van der Waals surface area (Å²) in [6.45, 7) is 1.83. The molecule has 0 fully saturated rings. The van der Waals surface area contributed by atoms with Crippen LogP contribution in [0.5, 0.6) is 5.75 Å². The van der Waals surface area contributed by atoms with Crippen LogP contribution < -0.4 is 10.1 Å². The van der Waals surface area contributed by atoms with Crippen molar-refractivity contribution in [1.82, 2.24) is 0 Å². The Kier molecular flexibility index (Phi) is 6.87. The van der Waals surface area contributed by atoms with Gasteiger partial charge in [-0.15, -0.1) is 0 Å². The lowest BCUT2D eigenvalue weighted by Gasteiger charge is -2.10. The van der Waals surface area contributed by atoms with Gasteiger partial charge in [0.05, 0.1) is 24.2 Å². The molecule has 8 heteroatoms. The summed E-state index contributed by atoms with van der Waals surface area (Å²) in [5, 5.41) is 13.7. The van der Waals surface area contributed by atoms with Gasteiger partial charge in [-0.05, 0) is 37.1 Å². The highest BCUT2D eigenvalue weighted by molar-refractivity contribution is 5.97. The fraction of sp³-hybridized carbons (Fsp3) is 0.263. The number of carbonyl (C=O) groups excluding carboxylic acids is 2. The highest BCUT2D eigenvalue weighted by atomic mass is 16.6. The first-order valence-electron chi connectivity index (χ1n) is 8.33. The van der Waals surface area contributed by atoms with E-state index in [4.69, 9.17) is 9.47 Å². The Hall–Kier alpha value is -3.42. The topological polar surface area (TPSA) is 108 Å². The van der Waals surface area contributed by atoms with Crippen LogP contribution >= 0.6 is 0 Å². The highest BCUT2D eigenvalue weighted by Gasteiger charge is 2.19. The molecule has 1 amide bonds. The minimum atomic E-state index is -0.620. The van der Waals surface area contributed by atoms with Gasteiger partial charge in [-0.2, -0.15) is 0 Å². The number of nitrogens with one attached hydrogen (secondary N) is 1. The average molecular weight is 372 g/mol. The minimum Gasteiger partial charge on any atom is -0.496 e. The number of para-hydroxylation sites is 1. The quantitative estimate of drug-likeness (QED) is 0.432. The second-order valence-corrected chi connectivity index (χ2v) is 5.57. The predicted molar refractivity (Wildman–Crippen MR) is 99.0 cm³/mol. The van der Waals surface area contributed by atoms with E-state index in [0.717, 1.165) is 5.56 Å². The van der Waals surface area contributed by atoms with Gasteiger partial charge in [-0.1, -0.05) is 18.2 Å². The second kappa shape index (κ2) is 9.33. The number of benzene rings is 2. The van der Waals surface area contributed by atoms with Crippen LogP contribution in [0.25, 0.3) is 0 Å². The second-order valence-electron chi connectivity index (χ2n) is 5.57. The molecule has 0 aliphatic carbocycles. The number of esters is 1. The van der Waals surface area contributed by atoms with Crippen LogP contribution in [0, 0.1) is 10.1 Å². The monoisotopic (exact) mass is 372 g/mol. The molecule has 2 aromatic rings. The van der Waals surface area contributed by atoms with Gasteiger partial charge >= 0.3 is 5.97 Å². The molecule has 2 rings (SSSR count). The summed E-state index contributed by atoms with van der Waals surface area (Å²) in [6.07, 6.45) is 0.502. The van der Waals surface area contributed by atoms with Crippen molar-refractivity contribution in [2.75, 3.05) is 19.0 Å². The fourth-order valence-corrected chi connectivity index (χ4v) is 2.51. The Bertz CT molecular complexity index is 850. The lowest BCUT2D eigenvalue weighted by molar-refractivity contribution is -0.383. The molecule has 2 aromatic carbocycles. The first kappa shape index (κ1) is 19.9. The Morgan fingerprint density at radius 2 is 1.93 bits per heavy atom. The molecule has 8 nitrogen and oxygen atoms in total. The van der Waals surface area contributed by atoms with E-state index in [0.29, 0.717) is 12.2 Å². The highest BCUT2D eigenvalue weighted by Crippen LogP contribution is 2.26. The lowest BCUT2D eigenvalue weighted by atomic mass is 10.1. The number of rotatable bonds is 8. The molecule has 0 saturated carbocycles. The zero-order valence-corrected chi connectivity index (χ0v) is 15.1. The maximum atomic E-state index is 12.3. The minimum absolute atomic E-state index is 0.0458. The van der Waals surface area contributed by atoms with Gasteiger partial charge in [0.15, 0.2) is 0 Å². The van der Waals surface area contributed by atoms with Crippen molar-refractivity contribution < 1.29 is 24.0 Å². The van der Waals surface area contributed by atoms with Gasteiger partial charge in [0, 0.05) is 12.5 Å². The Morgan fingerprint density at radius 1 is 1.19 bits per heavy atom. The summed E-state index contributed by atoms with van der Waals surface area (Å²) in [5.74, 6) is -0.359. The summed E-state index contributed by atoms with van der Waals surface area (Å²) in [7, 11) is 1.54. The van der Waals surface area contributed by atoms with Crippen LogP contribution in [-0.4, -0.2) is 30.5 Å². The summed E-state index contributed by atoms with van der Waals surface area (Å²) >= 11 is 0. The number of anilines is 1. The Labute approximate surface area is 156 Å². The first-order chi connectivity index (χ1) is 13.0. The number of carbonyl (C=O) groups is 2. The van der Waals surface area contributed by atoms with Crippen molar-refractivity contribution >= 4 is 23.3 Å². The largest absolute Gasteiger partial charge is 0.496 e. The first-order valence-corrected chi connectivity index (χ1v) is 8.33. The van der Waals surface area contributed by atoms with E-state index in [2.05, 4.69) is 5.32 Å². The smallest absolute Gasteiger partial charge is 0.338 e. The number of methoxy groups -OCH3 is 1. The molecule has 0 aromatic heterocycles. The van der Waals surface area contributed by atoms with Gasteiger partial charge in [-0.3, -0.25) is 14.9 Å². The van der Waals surface area contributed by atoms with Crippen LogP contribution in [0.2, 0.25) is 0 Å². The SMILES string of the molecule is CCOC(=O)c1ccc([N+](=O)[O-])c(NC(=O)CCc2ccccc2OC)c1. The summed E-state index contributed by atoms with van der Waals surface area (Å²) < 4.78 is 10.1. The Morgan fingerprint density at radius 3 is 2.59 bits per heavy atom. The van der Waals surface area contributed by atoms with Gasteiger partial charge in [0.1, 0.15) is 11.4 Å². The van der Waals surface area contributed by atoms with Crippen molar-refractivity contribution in [3.05, 3.63) is 63.7 Å². The number of ether oxygens (including phenoxy) is 2. The molecule has 142 valence electrons. The van der Waals surface area contributed by atoms with E-state index in [1.54, 1.807) is 20.1 Å². The standard InChI is InChI=1S/C19H20N2O6/c1-3-27-19(23)14-8-10-16(21(24)25)15(12-14)20-18(22)11-9-13-6-4-5-7-17(13)26-2/h4-8,10,12H,3,9,11H2,1-2H3,(H,20,22). The Balaban J connectivity index is 2.14. The summed E-state index contributed by atoms with van der Waals surface area (Å²) in [6, 6.07) is 11.0. The molecule has 0 spiro atoms. The summed E-state index contributed by atoms with van der Waals surface area (Å²) in [5.41, 5.74) is 0.636. The van der Waals surface area contributed by atoms with E-state index >= 15 is 0 Å². The van der Waals surface area contributed by atoms with Crippen molar-refractivity contribution in [3.8, 4) is 5.75 Å². The molecule has 0 aliphatic rings. The predicted octanol–water partition coefficient (Wildman–Crippen LogP) is 3.35. The maximum absolute atomic E-state index is 12.3. The molecular weight excluding hydrogens is 352 g/mol. The van der Waals surface area contributed by atoms with Crippen LogP contribution in [-0.2, 0) is 16.0 Å². The van der Waals surface area contributed by atoms with Gasteiger partial charge in [-0.25, -0.2) is 4.79 Å². The number of hydrogen-bond acceptors (Lipinski definition) is 6. The van der Waals surface area contributed by atoms with Crippen molar-refractivity contribution in [1.29, 1.82) is 0 Å².